The van der Waals surface area contributed by atoms with Gasteiger partial charge < -0.3 is 0 Å². The molecule has 0 saturated heterocycles. The van der Waals surface area contributed by atoms with E-state index < -0.39 is 0 Å². The lowest BCUT2D eigenvalue weighted by Gasteiger charge is -2.08. The van der Waals surface area contributed by atoms with Crippen LogP contribution in [-0.2, 0) is 0 Å². The molecule has 0 fully saturated rings. The second-order valence-electron chi connectivity index (χ2n) is 3.68. The van der Waals surface area contributed by atoms with Crippen molar-refractivity contribution in [2.24, 2.45) is 0 Å². The molecule has 6 heteroatoms. The molecule has 0 bridgehead atoms. The summed E-state index contributed by atoms with van der Waals surface area (Å²) in [5.41, 5.74) is 2.20. The molecule has 0 aliphatic carbocycles. The van der Waals surface area contributed by atoms with Crippen LogP contribution in [-0.4, -0.2) is 14.6 Å². The largest absolute Gasteiger partial charge is 0.216 e. The van der Waals surface area contributed by atoms with Crippen molar-refractivity contribution < 1.29 is 0 Å². The molecule has 0 atom stereocenters. The summed E-state index contributed by atoms with van der Waals surface area (Å²) in [5.74, 6) is 0. The molecule has 3 rings (SSSR count). The standard InChI is InChI=1S/C12H6BrCl2N3/c13-8-3-1-2-7(6-8)10-11(14)17-9-4-5-16-18(9)12(10)15/h1-6H. The van der Waals surface area contributed by atoms with Gasteiger partial charge in [-0.1, -0.05) is 51.3 Å². The van der Waals surface area contributed by atoms with Crippen LogP contribution in [0.4, 0.5) is 0 Å². The number of fused-ring (bicyclic) bond motifs is 1. The Morgan fingerprint density at radius 3 is 2.78 bits per heavy atom. The number of aromatic nitrogens is 3. The summed E-state index contributed by atoms with van der Waals surface area (Å²) in [6.45, 7) is 0. The summed E-state index contributed by atoms with van der Waals surface area (Å²) in [4.78, 5) is 4.27. The summed E-state index contributed by atoms with van der Waals surface area (Å²) < 4.78 is 2.51. The molecule has 0 amide bonds. The third-order valence-corrected chi connectivity index (χ3v) is 3.66. The SMILES string of the molecule is Clc1nc2ccnn2c(Cl)c1-c1cccc(Br)c1. The van der Waals surface area contributed by atoms with Crippen LogP contribution < -0.4 is 0 Å². The zero-order valence-corrected chi connectivity index (χ0v) is 12.0. The van der Waals surface area contributed by atoms with Crippen molar-refractivity contribution in [1.82, 2.24) is 14.6 Å². The molecule has 0 unspecified atom stereocenters. The minimum atomic E-state index is 0.367. The van der Waals surface area contributed by atoms with Gasteiger partial charge in [0.1, 0.15) is 10.3 Å². The first-order valence-corrected chi connectivity index (χ1v) is 6.66. The van der Waals surface area contributed by atoms with Gasteiger partial charge in [-0.2, -0.15) is 5.10 Å². The fraction of sp³-hybridized carbons (Fsp3) is 0. The highest BCUT2D eigenvalue weighted by atomic mass is 79.9. The van der Waals surface area contributed by atoms with Crippen molar-refractivity contribution in [2.75, 3.05) is 0 Å². The smallest absolute Gasteiger partial charge is 0.158 e. The highest BCUT2D eigenvalue weighted by Gasteiger charge is 2.14. The van der Waals surface area contributed by atoms with Gasteiger partial charge in [-0.15, -0.1) is 0 Å². The van der Waals surface area contributed by atoms with Crippen LogP contribution in [0.2, 0.25) is 10.3 Å². The second kappa shape index (κ2) is 4.53. The average molecular weight is 343 g/mol. The van der Waals surface area contributed by atoms with E-state index in [-0.39, 0.29) is 0 Å². The fourth-order valence-electron chi connectivity index (χ4n) is 1.76. The topological polar surface area (TPSA) is 30.2 Å². The Kier molecular flexibility index (Phi) is 3.01. The lowest BCUT2D eigenvalue weighted by Crippen LogP contribution is -1.96. The summed E-state index contributed by atoms with van der Waals surface area (Å²) >= 11 is 16.0. The Hall–Kier alpha value is -1.10. The van der Waals surface area contributed by atoms with Gasteiger partial charge in [-0.05, 0) is 17.7 Å². The summed E-state index contributed by atoms with van der Waals surface area (Å²) in [7, 11) is 0. The van der Waals surface area contributed by atoms with Gasteiger partial charge in [-0.3, -0.25) is 0 Å². The molecule has 3 nitrogen and oxygen atoms in total. The first-order chi connectivity index (χ1) is 8.66. The third-order valence-electron chi connectivity index (χ3n) is 2.55. The highest BCUT2D eigenvalue weighted by Crippen LogP contribution is 2.34. The van der Waals surface area contributed by atoms with E-state index in [4.69, 9.17) is 23.2 Å². The van der Waals surface area contributed by atoms with Crippen molar-refractivity contribution >= 4 is 44.8 Å². The molecule has 0 radical (unpaired) electrons. The normalized spacial score (nSPS) is 11.1. The van der Waals surface area contributed by atoms with E-state index in [2.05, 4.69) is 26.0 Å². The molecule has 0 aliphatic heterocycles. The number of hydrogen-bond acceptors (Lipinski definition) is 2. The monoisotopic (exact) mass is 341 g/mol. The first kappa shape index (κ1) is 12.0. The van der Waals surface area contributed by atoms with Crippen LogP contribution in [0, 0.1) is 0 Å². The van der Waals surface area contributed by atoms with Crippen molar-refractivity contribution in [2.45, 2.75) is 0 Å². The van der Waals surface area contributed by atoms with Gasteiger partial charge in [0.25, 0.3) is 0 Å². The summed E-state index contributed by atoms with van der Waals surface area (Å²) in [6.07, 6.45) is 1.63. The molecule has 0 saturated carbocycles. The average Bonchev–Trinajstić information content (AvgIpc) is 2.77. The van der Waals surface area contributed by atoms with Crippen LogP contribution in [0.3, 0.4) is 0 Å². The highest BCUT2D eigenvalue weighted by molar-refractivity contribution is 9.10. The number of nitrogens with zero attached hydrogens (tertiary/aromatic N) is 3. The van der Waals surface area contributed by atoms with Gasteiger partial charge in [0, 0.05) is 10.5 Å². The zero-order valence-electron chi connectivity index (χ0n) is 8.94. The van der Waals surface area contributed by atoms with Crippen molar-refractivity contribution in [3.63, 3.8) is 0 Å². The Morgan fingerprint density at radius 2 is 2.00 bits per heavy atom. The molecule has 3 aromatic rings. The lowest BCUT2D eigenvalue weighted by atomic mass is 10.1. The maximum absolute atomic E-state index is 6.34. The molecule has 0 N–H and O–H groups in total. The van der Waals surface area contributed by atoms with Crippen LogP contribution in [0.5, 0.6) is 0 Å². The molecular formula is C12H6BrCl2N3. The number of halogens is 3. The Balaban J connectivity index is 2.34. The predicted molar refractivity (Wildman–Crippen MR) is 76.1 cm³/mol. The number of hydrogen-bond donors (Lipinski definition) is 0. The maximum atomic E-state index is 6.34. The van der Waals surface area contributed by atoms with Crippen LogP contribution >= 0.6 is 39.1 Å². The quantitative estimate of drug-likeness (QED) is 0.611. The van der Waals surface area contributed by atoms with E-state index in [0.717, 1.165) is 10.0 Å². The molecule has 0 aliphatic rings. The lowest BCUT2D eigenvalue weighted by molar-refractivity contribution is 0.942. The van der Waals surface area contributed by atoms with E-state index in [0.29, 0.717) is 21.5 Å². The Morgan fingerprint density at radius 1 is 1.17 bits per heavy atom. The van der Waals surface area contributed by atoms with Crippen LogP contribution in [0.25, 0.3) is 16.8 Å². The zero-order chi connectivity index (χ0) is 12.7. The van der Waals surface area contributed by atoms with E-state index >= 15 is 0 Å². The van der Waals surface area contributed by atoms with E-state index in [1.54, 1.807) is 16.8 Å². The molecule has 2 heterocycles. The van der Waals surface area contributed by atoms with Gasteiger partial charge in [0.15, 0.2) is 5.65 Å². The van der Waals surface area contributed by atoms with Gasteiger partial charge in [0.05, 0.1) is 11.8 Å². The molecular weight excluding hydrogens is 337 g/mol. The van der Waals surface area contributed by atoms with Gasteiger partial charge >= 0.3 is 0 Å². The maximum Gasteiger partial charge on any atom is 0.158 e. The predicted octanol–water partition coefficient (Wildman–Crippen LogP) is 4.47. The summed E-state index contributed by atoms with van der Waals surface area (Å²) in [5, 5.41) is 4.94. The van der Waals surface area contributed by atoms with Crippen LogP contribution in [0.1, 0.15) is 0 Å². The minimum absolute atomic E-state index is 0.367. The third kappa shape index (κ3) is 1.90. The van der Waals surface area contributed by atoms with Crippen molar-refractivity contribution in [1.29, 1.82) is 0 Å². The molecule has 90 valence electrons. The van der Waals surface area contributed by atoms with E-state index in [9.17, 15) is 0 Å². The molecule has 1 aromatic carbocycles. The van der Waals surface area contributed by atoms with Crippen molar-refractivity contribution in [3.05, 3.63) is 51.3 Å². The van der Waals surface area contributed by atoms with Gasteiger partial charge in [0.2, 0.25) is 0 Å². The Labute approximate surface area is 121 Å². The minimum Gasteiger partial charge on any atom is -0.216 e. The Bertz CT molecular complexity index is 739. The molecule has 0 spiro atoms. The number of rotatable bonds is 1. The first-order valence-electron chi connectivity index (χ1n) is 5.11. The van der Waals surface area contributed by atoms with E-state index in [1.807, 2.05) is 24.3 Å². The van der Waals surface area contributed by atoms with Gasteiger partial charge in [-0.25, -0.2) is 9.50 Å². The van der Waals surface area contributed by atoms with Crippen molar-refractivity contribution in [3.8, 4) is 11.1 Å². The molecule has 18 heavy (non-hydrogen) atoms. The second-order valence-corrected chi connectivity index (χ2v) is 5.31. The number of benzene rings is 1. The van der Waals surface area contributed by atoms with E-state index in [1.165, 1.54) is 0 Å². The fourth-order valence-corrected chi connectivity index (χ4v) is 2.82. The van der Waals surface area contributed by atoms with Crippen LogP contribution in [0.15, 0.2) is 41.0 Å². The molecule has 2 aromatic heterocycles. The summed E-state index contributed by atoms with van der Waals surface area (Å²) in [6, 6.07) is 9.46.